The molecule has 1 unspecified atom stereocenters. The minimum Gasteiger partial charge on any atom is -0.367 e. The van der Waals surface area contributed by atoms with Crippen molar-refractivity contribution in [3.05, 3.63) is 35.4 Å². The zero-order valence-corrected chi connectivity index (χ0v) is 13.3. The fraction of sp³-hybridized carbons (Fsp3) is 0.533. The minimum absolute atomic E-state index is 0. The summed E-state index contributed by atoms with van der Waals surface area (Å²) in [5.41, 5.74) is 1.57. The van der Waals surface area contributed by atoms with Crippen LogP contribution in [-0.2, 0) is 22.7 Å². The van der Waals surface area contributed by atoms with Gasteiger partial charge in [-0.1, -0.05) is 24.3 Å². The lowest BCUT2D eigenvalue weighted by Gasteiger charge is -2.11. The molecule has 1 saturated heterocycles. The summed E-state index contributed by atoms with van der Waals surface area (Å²) < 4.78 is 40.5. The van der Waals surface area contributed by atoms with E-state index in [2.05, 4.69) is 15.4 Å². The van der Waals surface area contributed by atoms with Gasteiger partial charge in [-0.25, -0.2) is 0 Å². The zero-order valence-electron chi connectivity index (χ0n) is 12.5. The molecule has 1 atom stereocenters. The van der Waals surface area contributed by atoms with Crippen LogP contribution in [0.3, 0.4) is 0 Å². The molecule has 4 nitrogen and oxygen atoms in total. The lowest BCUT2D eigenvalue weighted by Crippen LogP contribution is -2.31. The normalized spacial score (nSPS) is 17.6. The van der Waals surface area contributed by atoms with E-state index in [1.165, 1.54) is 0 Å². The van der Waals surface area contributed by atoms with E-state index in [-0.39, 0.29) is 30.8 Å². The lowest BCUT2D eigenvalue weighted by molar-refractivity contribution is -0.176. The Balaban J connectivity index is 0.00000264. The highest BCUT2D eigenvalue weighted by molar-refractivity contribution is 5.85. The van der Waals surface area contributed by atoms with Crippen molar-refractivity contribution in [3.63, 3.8) is 0 Å². The molecule has 8 heteroatoms. The molecule has 130 valence electrons. The fourth-order valence-electron chi connectivity index (χ4n) is 2.25. The number of nitrogens with one attached hydrogen (secondary N) is 2. The summed E-state index contributed by atoms with van der Waals surface area (Å²) in [5.74, 6) is 0.0534. The Kier molecular flexibility index (Phi) is 7.81. The van der Waals surface area contributed by atoms with E-state index in [9.17, 15) is 18.0 Å². The average molecular weight is 353 g/mol. The fourth-order valence-corrected chi connectivity index (χ4v) is 2.25. The number of hydrogen-bond donors (Lipinski definition) is 2. The molecule has 1 aliphatic rings. The van der Waals surface area contributed by atoms with Crippen LogP contribution < -0.4 is 10.6 Å². The van der Waals surface area contributed by atoms with E-state index in [4.69, 9.17) is 0 Å². The van der Waals surface area contributed by atoms with Gasteiger partial charge in [-0.2, -0.15) is 13.2 Å². The third-order valence-corrected chi connectivity index (χ3v) is 3.46. The van der Waals surface area contributed by atoms with Gasteiger partial charge in [0.2, 0.25) is 5.91 Å². The number of carbonyl (C=O) groups excluding carboxylic acids is 1. The van der Waals surface area contributed by atoms with Gasteiger partial charge in [0.25, 0.3) is 0 Å². The highest BCUT2D eigenvalue weighted by Crippen LogP contribution is 2.16. The van der Waals surface area contributed by atoms with Gasteiger partial charge in [0.05, 0.1) is 12.5 Å². The van der Waals surface area contributed by atoms with Crippen molar-refractivity contribution in [1.29, 1.82) is 0 Å². The molecule has 0 aliphatic carbocycles. The third-order valence-electron chi connectivity index (χ3n) is 3.46. The molecule has 2 N–H and O–H groups in total. The molecule has 1 fully saturated rings. The van der Waals surface area contributed by atoms with E-state index in [1.54, 1.807) is 24.3 Å². The van der Waals surface area contributed by atoms with Crippen molar-refractivity contribution in [2.45, 2.75) is 25.7 Å². The number of rotatable bonds is 6. The van der Waals surface area contributed by atoms with Gasteiger partial charge in [-0.3, -0.25) is 4.79 Å². The average Bonchev–Trinajstić information content (AvgIpc) is 2.99. The molecule has 1 amide bonds. The van der Waals surface area contributed by atoms with Crippen molar-refractivity contribution in [3.8, 4) is 0 Å². The quantitative estimate of drug-likeness (QED) is 0.826. The van der Waals surface area contributed by atoms with Crippen molar-refractivity contribution >= 4 is 18.3 Å². The maximum Gasteiger partial charge on any atom is 0.411 e. The Morgan fingerprint density at radius 3 is 2.48 bits per heavy atom. The number of amides is 1. The molecule has 0 spiro atoms. The maximum atomic E-state index is 12.0. The second-order valence-electron chi connectivity index (χ2n) is 5.33. The minimum atomic E-state index is -4.31. The molecule has 0 radical (unpaired) electrons. The number of halogens is 4. The molecule has 0 bridgehead atoms. The van der Waals surface area contributed by atoms with Crippen LogP contribution in [0, 0.1) is 5.92 Å². The standard InChI is InChI=1S/C15H19F3N2O2.ClH/c16-15(17,18)10-22-9-12-3-1-11(2-4-12)7-20-14(21)13-5-6-19-8-13;/h1-4,13,19H,5-10H2,(H,20,21);1H. The van der Waals surface area contributed by atoms with Crippen LogP contribution in [0.4, 0.5) is 13.2 Å². The van der Waals surface area contributed by atoms with Crippen LogP contribution in [0.25, 0.3) is 0 Å². The monoisotopic (exact) mass is 352 g/mol. The van der Waals surface area contributed by atoms with Crippen LogP contribution in [0.1, 0.15) is 17.5 Å². The predicted octanol–water partition coefficient (Wildman–Crippen LogP) is 2.41. The number of ether oxygens (including phenoxy) is 1. The molecule has 2 rings (SSSR count). The van der Waals surface area contributed by atoms with Gasteiger partial charge < -0.3 is 15.4 Å². The number of carbonyl (C=O) groups is 1. The molecule has 1 aromatic rings. The molecule has 23 heavy (non-hydrogen) atoms. The van der Waals surface area contributed by atoms with Gasteiger partial charge in [0.15, 0.2) is 0 Å². The molecular formula is C15H20ClF3N2O2. The molecule has 1 aliphatic heterocycles. The Morgan fingerprint density at radius 2 is 1.91 bits per heavy atom. The van der Waals surface area contributed by atoms with Crippen LogP contribution in [-0.4, -0.2) is 31.8 Å². The SMILES string of the molecule is Cl.O=C(NCc1ccc(COCC(F)(F)F)cc1)C1CCNC1. The summed E-state index contributed by atoms with van der Waals surface area (Å²) in [4.78, 5) is 11.8. The third kappa shape index (κ3) is 7.20. The Bertz CT molecular complexity index is 488. The highest BCUT2D eigenvalue weighted by Gasteiger charge is 2.27. The second kappa shape index (κ2) is 9.10. The second-order valence-corrected chi connectivity index (χ2v) is 5.33. The summed E-state index contributed by atoms with van der Waals surface area (Å²) in [6.07, 6.45) is -3.46. The van der Waals surface area contributed by atoms with E-state index in [0.717, 1.165) is 18.5 Å². The van der Waals surface area contributed by atoms with Crippen molar-refractivity contribution in [2.24, 2.45) is 5.92 Å². The summed E-state index contributed by atoms with van der Waals surface area (Å²) in [6, 6.07) is 6.96. The van der Waals surface area contributed by atoms with Gasteiger partial charge in [0, 0.05) is 13.1 Å². The maximum absolute atomic E-state index is 12.0. The van der Waals surface area contributed by atoms with Crippen LogP contribution in [0.5, 0.6) is 0 Å². The highest BCUT2D eigenvalue weighted by atomic mass is 35.5. The summed E-state index contributed by atoms with van der Waals surface area (Å²) >= 11 is 0. The summed E-state index contributed by atoms with van der Waals surface area (Å²) in [5, 5.41) is 6.00. The van der Waals surface area contributed by atoms with Gasteiger partial charge >= 0.3 is 6.18 Å². The summed E-state index contributed by atoms with van der Waals surface area (Å²) in [7, 11) is 0. The first kappa shape index (κ1) is 19.7. The van der Waals surface area contributed by atoms with Gasteiger partial charge in [-0.15, -0.1) is 12.4 Å². The first-order chi connectivity index (χ1) is 10.4. The van der Waals surface area contributed by atoms with E-state index >= 15 is 0 Å². The molecule has 0 saturated carbocycles. The first-order valence-corrected chi connectivity index (χ1v) is 7.15. The number of benzene rings is 1. The number of alkyl halides is 3. The van der Waals surface area contributed by atoms with Crippen LogP contribution in [0.2, 0.25) is 0 Å². The van der Waals surface area contributed by atoms with Crippen LogP contribution >= 0.6 is 12.4 Å². The largest absolute Gasteiger partial charge is 0.411 e. The van der Waals surface area contributed by atoms with Crippen molar-refractivity contribution < 1.29 is 22.7 Å². The molecule has 0 aromatic heterocycles. The Morgan fingerprint density at radius 1 is 1.26 bits per heavy atom. The zero-order chi connectivity index (χ0) is 16.0. The van der Waals surface area contributed by atoms with Crippen molar-refractivity contribution in [1.82, 2.24) is 10.6 Å². The predicted molar refractivity (Wildman–Crippen MR) is 82.2 cm³/mol. The Hall–Kier alpha value is -1.31. The van der Waals surface area contributed by atoms with Crippen molar-refractivity contribution in [2.75, 3.05) is 19.7 Å². The van der Waals surface area contributed by atoms with Crippen LogP contribution in [0.15, 0.2) is 24.3 Å². The molecule has 1 aromatic carbocycles. The molecular weight excluding hydrogens is 333 g/mol. The first-order valence-electron chi connectivity index (χ1n) is 7.15. The summed E-state index contributed by atoms with van der Waals surface area (Å²) in [6.45, 7) is 0.658. The van der Waals surface area contributed by atoms with Gasteiger partial charge in [0.1, 0.15) is 6.61 Å². The van der Waals surface area contributed by atoms with E-state index in [0.29, 0.717) is 18.7 Å². The van der Waals surface area contributed by atoms with E-state index < -0.39 is 12.8 Å². The van der Waals surface area contributed by atoms with E-state index in [1.807, 2.05) is 0 Å². The topological polar surface area (TPSA) is 50.4 Å². The lowest BCUT2D eigenvalue weighted by atomic mass is 10.1. The van der Waals surface area contributed by atoms with Gasteiger partial charge in [-0.05, 0) is 24.1 Å². The molecule has 1 heterocycles. The Labute approximate surface area is 139 Å². The number of hydrogen-bond acceptors (Lipinski definition) is 3. The smallest absolute Gasteiger partial charge is 0.367 e.